The van der Waals surface area contributed by atoms with E-state index in [1.165, 1.54) is 12.1 Å². The molecule has 0 aliphatic rings. The summed E-state index contributed by atoms with van der Waals surface area (Å²) in [5, 5.41) is 16.6. The third-order valence-electron chi connectivity index (χ3n) is 3.86. The molecule has 2 aromatic carbocycles. The third kappa shape index (κ3) is 5.18. The molecule has 0 atom stereocenters. The SMILES string of the molecule is CNc1ccc([N+](=O)[O-])cc1C(=O)NNC(=O)CNc1ccc(C)cc1C. The summed E-state index contributed by atoms with van der Waals surface area (Å²) >= 11 is 0. The molecular weight excluding hydrogens is 350 g/mol. The predicted octanol–water partition coefficient (Wildman–Crippen LogP) is 2.13. The van der Waals surface area contributed by atoms with Crippen LogP contribution in [0.4, 0.5) is 17.1 Å². The lowest BCUT2D eigenvalue weighted by molar-refractivity contribution is -0.384. The minimum absolute atomic E-state index is 0.0436. The van der Waals surface area contributed by atoms with E-state index in [9.17, 15) is 19.7 Å². The Morgan fingerprint density at radius 3 is 2.37 bits per heavy atom. The van der Waals surface area contributed by atoms with Crippen LogP contribution in [0.2, 0.25) is 0 Å². The number of nitro groups is 1. The molecule has 0 bridgehead atoms. The number of amides is 2. The third-order valence-corrected chi connectivity index (χ3v) is 3.86. The molecule has 0 fully saturated rings. The molecule has 0 aromatic heterocycles. The Bertz CT molecular complexity index is 882. The molecule has 142 valence electrons. The molecule has 27 heavy (non-hydrogen) atoms. The molecule has 0 saturated heterocycles. The number of rotatable bonds is 6. The summed E-state index contributed by atoms with van der Waals surface area (Å²) in [5.41, 5.74) is 7.71. The van der Waals surface area contributed by atoms with Gasteiger partial charge in [0.2, 0.25) is 0 Å². The van der Waals surface area contributed by atoms with Crippen molar-refractivity contribution in [3.05, 3.63) is 63.2 Å². The molecule has 0 heterocycles. The van der Waals surface area contributed by atoms with Crippen LogP contribution in [0.15, 0.2) is 36.4 Å². The number of hydrogen-bond donors (Lipinski definition) is 4. The van der Waals surface area contributed by atoms with Crippen molar-refractivity contribution in [2.75, 3.05) is 24.2 Å². The van der Waals surface area contributed by atoms with Gasteiger partial charge in [-0.05, 0) is 31.5 Å². The number of aryl methyl sites for hydroxylation is 2. The summed E-state index contributed by atoms with van der Waals surface area (Å²) in [6.07, 6.45) is 0. The first-order valence-corrected chi connectivity index (χ1v) is 8.18. The van der Waals surface area contributed by atoms with Crippen LogP contribution in [-0.2, 0) is 4.79 Å². The van der Waals surface area contributed by atoms with Crippen molar-refractivity contribution in [1.29, 1.82) is 0 Å². The summed E-state index contributed by atoms with van der Waals surface area (Å²) in [5.74, 6) is -1.12. The van der Waals surface area contributed by atoms with Crippen molar-refractivity contribution in [3.8, 4) is 0 Å². The molecule has 0 aliphatic heterocycles. The normalized spacial score (nSPS) is 10.0. The number of nitro benzene ring substituents is 1. The molecule has 2 aromatic rings. The first-order valence-electron chi connectivity index (χ1n) is 8.18. The van der Waals surface area contributed by atoms with E-state index in [4.69, 9.17) is 0 Å². The molecule has 0 radical (unpaired) electrons. The summed E-state index contributed by atoms with van der Waals surface area (Å²) in [6.45, 7) is 3.86. The largest absolute Gasteiger partial charge is 0.387 e. The number of non-ortho nitro benzene ring substituents is 1. The number of nitrogens with zero attached hydrogens (tertiary/aromatic N) is 1. The van der Waals surface area contributed by atoms with Crippen molar-refractivity contribution in [2.24, 2.45) is 0 Å². The van der Waals surface area contributed by atoms with Crippen LogP contribution >= 0.6 is 0 Å². The summed E-state index contributed by atoms with van der Waals surface area (Å²) in [6, 6.07) is 9.64. The van der Waals surface area contributed by atoms with Crippen LogP contribution in [0, 0.1) is 24.0 Å². The zero-order valence-electron chi connectivity index (χ0n) is 15.3. The number of anilines is 2. The average Bonchev–Trinajstić information content (AvgIpc) is 2.64. The Balaban J connectivity index is 1.95. The first kappa shape index (κ1) is 19.7. The standard InChI is InChI=1S/C18H21N5O4/c1-11-4-6-15(12(2)8-11)20-10-17(24)21-22-18(25)14-9-13(23(26)27)5-7-16(14)19-3/h4-9,19-20H,10H2,1-3H3,(H,21,24)(H,22,25). The number of carbonyl (C=O) groups is 2. The van der Waals surface area contributed by atoms with Gasteiger partial charge in [0, 0.05) is 30.6 Å². The van der Waals surface area contributed by atoms with Gasteiger partial charge in [0.15, 0.2) is 0 Å². The maximum absolute atomic E-state index is 12.3. The monoisotopic (exact) mass is 371 g/mol. The van der Waals surface area contributed by atoms with Gasteiger partial charge in [-0.1, -0.05) is 17.7 Å². The fourth-order valence-electron chi connectivity index (χ4n) is 2.48. The summed E-state index contributed by atoms with van der Waals surface area (Å²) < 4.78 is 0. The molecule has 0 saturated carbocycles. The van der Waals surface area contributed by atoms with E-state index in [0.29, 0.717) is 5.69 Å². The molecule has 9 heteroatoms. The molecule has 9 nitrogen and oxygen atoms in total. The van der Waals surface area contributed by atoms with E-state index >= 15 is 0 Å². The van der Waals surface area contributed by atoms with Gasteiger partial charge in [0.1, 0.15) is 0 Å². The molecule has 0 aliphatic carbocycles. The highest BCUT2D eigenvalue weighted by molar-refractivity contribution is 6.01. The lowest BCUT2D eigenvalue weighted by atomic mass is 10.1. The number of carbonyl (C=O) groups excluding carboxylic acids is 2. The second-order valence-electron chi connectivity index (χ2n) is 5.91. The van der Waals surface area contributed by atoms with Crippen LogP contribution in [0.1, 0.15) is 21.5 Å². The van der Waals surface area contributed by atoms with Crippen molar-refractivity contribution in [1.82, 2.24) is 10.9 Å². The highest BCUT2D eigenvalue weighted by atomic mass is 16.6. The van der Waals surface area contributed by atoms with Crippen molar-refractivity contribution in [2.45, 2.75) is 13.8 Å². The zero-order valence-corrected chi connectivity index (χ0v) is 15.3. The fraction of sp³-hybridized carbons (Fsp3) is 0.222. The highest BCUT2D eigenvalue weighted by Crippen LogP contribution is 2.21. The van der Waals surface area contributed by atoms with Crippen LogP contribution in [0.3, 0.4) is 0 Å². The van der Waals surface area contributed by atoms with Gasteiger partial charge in [0.25, 0.3) is 17.5 Å². The van der Waals surface area contributed by atoms with E-state index in [1.54, 1.807) is 7.05 Å². The van der Waals surface area contributed by atoms with E-state index in [1.807, 2.05) is 32.0 Å². The van der Waals surface area contributed by atoms with Crippen molar-refractivity contribution in [3.63, 3.8) is 0 Å². The molecular formula is C18H21N5O4. The van der Waals surface area contributed by atoms with Gasteiger partial charge in [0.05, 0.1) is 17.0 Å². The van der Waals surface area contributed by atoms with Crippen molar-refractivity contribution < 1.29 is 14.5 Å². The Morgan fingerprint density at radius 2 is 1.74 bits per heavy atom. The van der Waals surface area contributed by atoms with E-state index in [-0.39, 0.29) is 17.8 Å². The Labute approximate surface area is 156 Å². The fourth-order valence-corrected chi connectivity index (χ4v) is 2.48. The minimum atomic E-state index is -0.664. The topological polar surface area (TPSA) is 125 Å². The zero-order chi connectivity index (χ0) is 20.0. The van der Waals surface area contributed by atoms with Crippen LogP contribution in [0.5, 0.6) is 0 Å². The average molecular weight is 371 g/mol. The smallest absolute Gasteiger partial charge is 0.272 e. The van der Waals surface area contributed by atoms with Crippen molar-refractivity contribution >= 4 is 28.9 Å². The number of benzene rings is 2. The predicted molar refractivity (Wildman–Crippen MR) is 103 cm³/mol. The number of hydrazine groups is 1. The summed E-state index contributed by atoms with van der Waals surface area (Å²) in [7, 11) is 1.59. The maximum atomic E-state index is 12.3. The molecule has 0 spiro atoms. The van der Waals surface area contributed by atoms with E-state index in [2.05, 4.69) is 21.5 Å². The minimum Gasteiger partial charge on any atom is -0.387 e. The number of hydrogen-bond acceptors (Lipinski definition) is 6. The molecule has 0 unspecified atom stereocenters. The number of nitrogens with one attached hydrogen (secondary N) is 4. The quantitative estimate of drug-likeness (QED) is 0.455. The Hall–Kier alpha value is -3.62. The van der Waals surface area contributed by atoms with E-state index in [0.717, 1.165) is 22.9 Å². The van der Waals surface area contributed by atoms with Gasteiger partial charge >= 0.3 is 0 Å². The van der Waals surface area contributed by atoms with Gasteiger partial charge in [-0.3, -0.25) is 30.6 Å². The molecule has 4 N–H and O–H groups in total. The molecule has 2 rings (SSSR count). The van der Waals surface area contributed by atoms with Gasteiger partial charge < -0.3 is 10.6 Å². The highest BCUT2D eigenvalue weighted by Gasteiger charge is 2.16. The Kier molecular flexibility index (Phi) is 6.32. The van der Waals surface area contributed by atoms with Gasteiger partial charge in [-0.25, -0.2) is 0 Å². The van der Waals surface area contributed by atoms with Gasteiger partial charge in [-0.2, -0.15) is 0 Å². The van der Waals surface area contributed by atoms with Gasteiger partial charge in [-0.15, -0.1) is 0 Å². The van der Waals surface area contributed by atoms with E-state index < -0.39 is 16.7 Å². The second-order valence-corrected chi connectivity index (χ2v) is 5.91. The van der Waals surface area contributed by atoms with Crippen LogP contribution < -0.4 is 21.5 Å². The lowest BCUT2D eigenvalue weighted by Crippen LogP contribution is -2.44. The maximum Gasteiger partial charge on any atom is 0.272 e. The molecule has 2 amide bonds. The lowest BCUT2D eigenvalue weighted by Gasteiger charge is -2.12. The Morgan fingerprint density at radius 1 is 1.04 bits per heavy atom. The first-order chi connectivity index (χ1) is 12.8. The van der Waals surface area contributed by atoms with Crippen LogP contribution in [-0.4, -0.2) is 30.3 Å². The second kappa shape index (κ2) is 8.65. The summed E-state index contributed by atoms with van der Waals surface area (Å²) in [4.78, 5) is 34.5. The van der Waals surface area contributed by atoms with Crippen LogP contribution in [0.25, 0.3) is 0 Å².